The molecule has 13 heavy (non-hydrogen) atoms. The maximum Gasteiger partial charge on any atom is 0.0108 e. The van der Waals surface area contributed by atoms with Gasteiger partial charge in [-0.15, -0.1) is 0 Å². The second kappa shape index (κ2) is 5.61. The maximum absolute atomic E-state index is 5.58. The summed E-state index contributed by atoms with van der Waals surface area (Å²) in [6.07, 6.45) is 5.51. The fourth-order valence-electron chi connectivity index (χ4n) is 1.79. The SMILES string of the molecule is CC(C)CCCN(CCN)C1CC1. The summed E-state index contributed by atoms with van der Waals surface area (Å²) in [6, 6.07) is 0.885. The van der Waals surface area contributed by atoms with E-state index in [0.29, 0.717) is 0 Å². The molecule has 1 saturated carbocycles. The summed E-state index contributed by atoms with van der Waals surface area (Å²) >= 11 is 0. The topological polar surface area (TPSA) is 29.3 Å². The molecule has 0 saturated heterocycles. The minimum absolute atomic E-state index is 0.818. The highest BCUT2D eigenvalue weighted by atomic mass is 15.2. The average molecular weight is 184 g/mol. The number of nitrogens with two attached hydrogens (primary N) is 1. The predicted octanol–water partition coefficient (Wildman–Crippen LogP) is 1.85. The quantitative estimate of drug-likeness (QED) is 0.654. The Morgan fingerprint density at radius 1 is 1.31 bits per heavy atom. The van der Waals surface area contributed by atoms with E-state index >= 15 is 0 Å². The van der Waals surface area contributed by atoms with Crippen molar-refractivity contribution in [2.75, 3.05) is 19.6 Å². The van der Waals surface area contributed by atoms with Crippen LogP contribution in [-0.4, -0.2) is 30.6 Å². The molecule has 0 heterocycles. The van der Waals surface area contributed by atoms with Crippen molar-refractivity contribution >= 4 is 0 Å². The van der Waals surface area contributed by atoms with Crippen LogP contribution in [0.4, 0.5) is 0 Å². The fraction of sp³-hybridized carbons (Fsp3) is 1.00. The van der Waals surface area contributed by atoms with E-state index in [0.717, 1.165) is 25.0 Å². The molecule has 1 aliphatic carbocycles. The minimum Gasteiger partial charge on any atom is -0.329 e. The van der Waals surface area contributed by atoms with E-state index in [2.05, 4.69) is 18.7 Å². The first-order chi connectivity index (χ1) is 6.24. The van der Waals surface area contributed by atoms with Gasteiger partial charge in [0.25, 0.3) is 0 Å². The first-order valence-corrected chi connectivity index (χ1v) is 5.68. The lowest BCUT2D eigenvalue weighted by molar-refractivity contribution is 0.260. The van der Waals surface area contributed by atoms with Gasteiger partial charge in [0, 0.05) is 19.1 Å². The third-order valence-corrected chi connectivity index (χ3v) is 2.71. The van der Waals surface area contributed by atoms with Crippen LogP contribution in [0.5, 0.6) is 0 Å². The molecule has 78 valence electrons. The standard InChI is InChI=1S/C11H24N2/c1-10(2)4-3-8-13(9-7-12)11-5-6-11/h10-11H,3-9,12H2,1-2H3. The summed E-state index contributed by atoms with van der Waals surface area (Å²) in [5.74, 6) is 0.846. The molecule has 1 rings (SSSR count). The largest absolute Gasteiger partial charge is 0.329 e. The van der Waals surface area contributed by atoms with Crippen molar-refractivity contribution in [1.82, 2.24) is 4.90 Å². The molecule has 0 unspecified atom stereocenters. The first kappa shape index (κ1) is 11.0. The lowest BCUT2D eigenvalue weighted by Crippen LogP contribution is -2.32. The molecule has 0 aromatic heterocycles. The van der Waals surface area contributed by atoms with E-state index in [9.17, 15) is 0 Å². The van der Waals surface area contributed by atoms with Crippen LogP contribution >= 0.6 is 0 Å². The molecule has 0 spiro atoms. The van der Waals surface area contributed by atoms with Gasteiger partial charge in [-0.1, -0.05) is 13.8 Å². The van der Waals surface area contributed by atoms with Gasteiger partial charge in [0.1, 0.15) is 0 Å². The summed E-state index contributed by atoms with van der Waals surface area (Å²) in [4.78, 5) is 2.57. The van der Waals surface area contributed by atoms with Gasteiger partial charge in [-0.05, 0) is 38.1 Å². The van der Waals surface area contributed by atoms with Gasteiger partial charge >= 0.3 is 0 Å². The highest BCUT2D eigenvalue weighted by Crippen LogP contribution is 2.26. The molecule has 0 amide bonds. The van der Waals surface area contributed by atoms with Gasteiger partial charge in [0.05, 0.1) is 0 Å². The molecule has 2 heteroatoms. The Hall–Kier alpha value is -0.0800. The second-order valence-corrected chi connectivity index (χ2v) is 4.59. The highest BCUT2D eigenvalue weighted by molar-refractivity contribution is 4.84. The fourth-order valence-corrected chi connectivity index (χ4v) is 1.79. The van der Waals surface area contributed by atoms with Crippen LogP contribution in [0.1, 0.15) is 39.5 Å². The Balaban J connectivity index is 2.07. The second-order valence-electron chi connectivity index (χ2n) is 4.59. The summed E-state index contributed by atoms with van der Waals surface area (Å²) in [5, 5.41) is 0. The van der Waals surface area contributed by atoms with Crippen LogP contribution in [-0.2, 0) is 0 Å². The molecule has 0 atom stereocenters. The molecule has 2 N–H and O–H groups in total. The average Bonchev–Trinajstić information content (AvgIpc) is 2.84. The summed E-state index contributed by atoms with van der Waals surface area (Å²) in [5.41, 5.74) is 5.58. The van der Waals surface area contributed by atoms with Crippen LogP contribution in [0.25, 0.3) is 0 Å². The van der Waals surface area contributed by atoms with Crippen molar-refractivity contribution in [2.24, 2.45) is 11.7 Å². The molecule has 0 aromatic carbocycles. The van der Waals surface area contributed by atoms with E-state index in [1.165, 1.54) is 32.2 Å². The summed E-state index contributed by atoms with van der Waals surface area (Å²) in [7, 11) is 0. The molecule has 1 fully saturated rings. The number of hydrogen-bond acceptors (Lipinski definition) is 2. The van der Waals surface area contributed by atoms with Crippen molar-refractivity contribution in [3.63, 3.8) is 0 Å². The summed E-state index contributed by atoms with van der Waals surface area (Å²) in [6.45, 7) is 7.77. The zero-order chi connectivity index (χ0) is 9.68. The Morgan fingerprint density at radius 2 is 2.00 bits per heavy atom. The van der Waals surface area contributed by atoms with Gasteiger partial charge in [-0.25, -0.2) is 0 Å². The normalized spacial score (nSPS) is 17.3. The van der Waals surface area contributed by atoms with Crippen LogP contribution in [0.2, 0.25) is 0 Å². The first-order valence-electron chi connectivity index (χ1n) is 5.68. The van der Waals surface area contributed by atoms with Gasteiger partial charge < -0.3 is 5.73 Å². The molecule has 0 aliphatic heterocycles. The lowest BCUT2D eigenvalue weighted by Gasteiger charge is -2.21. The molecule has 0 bridgehead atoms. The highest BCUT2D eigenvalue weighted by Gasteiger charge is 2.27. The molecular weight excluding hydrogens is 160 g/mol. The smallest absolute Gasteiger partial charge is 0.0108 e. The Morgan fingerprint density at radius 3 is 2.46 bits per heavy atom. The molecular formula is C11H24N2. The zero-order valence-corrected chi connectivity index (χ0v) is 9.13. The van der Waals surface area contributed by atoms with E-state index in [1.807, 2.05) is 0 Å². The van der Waals surface area contributed by atoms with Gasteiger partial charge in [0.15, 0.2) is 0 Å². The molecule has 0 aromatic rings. The van der Waals surface area contributed by atoms with Crippen molar-refractivity contribution in [2.45, 2.75) is 45.6 Å². The van der Waals surface area contributed by atoms with Crippen LogP contribution < -0.4 is 5.73 Å². The minimum atomic E-state index is 0.818. The van der Waals surface area contributed by atoms with Crippen LogP contribution in [0, 0.1) is 5.92 Å². The van der Waals surface area contributed by atoms with Crippen molar-refractivity contribution in [1.29, 1.82) is 0 Å². The van der Waals surface area contributed by atoms with E-state index in [4.69, 9.17) is 5.73 Å². The summed E-state index contributed by atoms with van der Waals surface area (Å²) < 4.78 is 0. The van der Waals surface area contributed by atoms with E-state index in [1.54, 1.807) is 0 Å². The molecule has 0 radical (unpaired) electrons. The van der Waals surface area contributed by atoms with Crippen molar-refractivity contribution in [3.05, 3.63) is 0 Å². The molecule has 1 aliphatic rings. The Labute approximate surface area is 82.5 Å². The monoisotopic (exact) mass is 184 g/mol. The Kier molecular flexibility index (Phi) is 4.74. The Bertz CT molecular complexity index is 130. The number of nitrogens with zero attached hydrogens (tertiary/aromatic N) is 1. The number of rotatable bonds is 7. The van der Waals surface area contributed by atoms with Crippen LogP contribution in [0.15, 0.2) is 0 Å². The van der Waals surface area contributed by atoms with Crippen molar-refractivity contribution in [3.8, 4) is 0 Å². The van der Waals surface area contributed by atoms with E-state index in [-0.39, 0.29) is 0 Å². The third-order valence-electron chi connectivity index (χ3n) is 2.71. The zero-order valence-electron chi connectivity index (χ0n) is 9.13. The van der Waals surface area contributed by atoms with Crippen molar-refractivity contribution < 1.29 is 0 Å². The maximum atomic E-state index is 5.58. The number of hydrogen-bond donors (Lipinski definition) is 1. The van der Waals surface area contributed by atoms with Gasteiger partial charge in [-0.3, -0.25) is 4.90 Å². The van der Waals surface area contributed by atoms with Crippen LogP contribution in [0.3, 0.4) is 0 Å². The van der Waals surface area contributed by atoms with Gasteiger partial charge in [-0.2, -0.15) is 0 Å². The third kappa shape index (κ3) is 4.63. The molecule has 2 nitrogen and oxygen atoms in total. The van der Waals surface area contributed by atoms with Gasteiger partial charge in [0.2, 0.25) is 0 Å². The predicted molar refractivity (Wildman–Crippen MR) is 57.7 cm³/mol. The van der Waals surface area contributed by atoms with E-state index < -0.39 is 0 Å². The lowest BCUT2D eigenvalue weighted by atomic mass is 10.1.